The molecule has 1 aromatic heterocycles. The maximum atomic E-state index is 12.8. The molecule has 0 atom stereocenters. The third kappa shape index (κ3) is 4.03. The van der Waals surface area contributed by atoms with Crippen molar-refractivity contribution >= 4 is 40.5 Å². The Morgan fingerprint density at radius 2 is 1.68 bits per heavy atom. The van der Waals surface area contributed by atoms with Crippen LogP contribution < -0.4 is 10.2 Å². The highest BCUT2D eigenvalue weighted by Crippen LogP contribution is 2.36. The van der Waals surface area contributed by atoms with Crippen LogP contribution in [0.4, 0.5) is 11.4 Å². The van der Waals surface area contributed by atoms with Crippen molar-refractivity contribution in [1.29, 1.82) is 0 Å². The molecule has 144 valence electrons. The van der Waals surface area contributed by atoms with Crippen LogP contribution in [-0.2, 0) is 0 Å². The third-order valence-electron chi connectivity index (χ3n) is 4.87. The van der Waals surface area contributed by atoms with Gasteiger partial charge in [0, 0.05) is 23.7 Å². The van der Waals surface area contributed by atoms with Crippen molar-refractivity contribution in [3.63, 3.8) is 0 Å². The Bertz CT molecular complexity index is 976. The van der Waals surface area contributed by atoms with E-state index in [4.69, 9.17) is 27.6 Å². The van der Waals surface area contributed by atoms with E-state index in [0.717, 1.165) is 37.2 Å². The van der Waals surface area contributed by atoms with Gasteiger partial charge in [0.25, 0.3) is 5.91 Å². The fourth-order valence-corrected chi connectivity index (χ4v) is 3.89. The predicted molar refractivity (Wildman–Crippen MR) is 115 cm³/mol. The molecule has 0 unspecified atom stereocenters. The van der Waals surface area contributed by atoms with Gasteiger partial charge in [-0.05, 0) is 67.8 Å². The highest BCUT2D eigenvalue weighted by Gasteiger charge is 2.20. The van der Waals surface area contributed by atoms with Crippen LogP contribution in [0.5, 0.6) is 0 Å². The molecular weight excluding hydrogens is 395 g/mol. The Balaban J connectivity index is 1.56. The van der Waals surface area contributed by atoms with E-state index in [9.17, 15) is 4.79 Å². The minimum Gasteiger partial charge on any atom is -0.451 e. The molecule has 2 heterocycles. The van der Waals surface area contributed by atoms with Crippen molar-refractivity contribution in [1.82, 2.24) is 0 Å². The van der Waals surface area contributed by atoms with Crippen LogP contribution in [0.15, 0.2) is 59.0 Å². The number of carbonyl (C=O) groups is 1. The Morgan fingerprint density at radius 1 is 0.929 bits per heavy atom. The number of hydrogen-bond acceptors (Lipinski definition) is 3. The van der Waals surface area contributed by atoms with Crippen molar-refractivity contribution in [3.05, 3.63) is 70.4 Å². The molecule has 4 rings (SSSR count). The molecule has 0 saturated carbocycles. The smallest absolute Gasteiger partial charge is 0.291 e. The Hall–Kier alpha value is -2.43. The van der Waals surface area contributed by atoms with Crippen molar-refractivity contribution in [2.45, 2.75) is 19.3 Å². The standard InChI is InChI=1S/C22H20Cl2N2O2/c23-16-9-7-15(8-10-16)19-11-12-20(28-19)22(27)25-18-6-4-5-17(24)21(18)26-13-2-1-3-14-26/h4-12H,1-3,13-14H2,(H,25,27). The second-order valence-corrected chi connectivity index (χ2v) is 7.65. The van der Waals surface area contributed by atoms with Crippen molar-refractivity contribution < 1.29 is 9.21 Å². The summed E-state index contributed by atoms with van der Waals surface area (Å²) in [6, 6.07) is 16.3. The lowest BCUT2D eigenvalue weighted by Gasteiger charge is -2.31. The molecule has 1 fully saturated rings. The van der Waals surface area contributed by atoms with Gasteiger partial charge in [-0.15, -0.1) is 0 Å². The molecule has 0 bridgehead atoms. The number of nitrogens with zero attached hydrogens (tertiary/aromatic N) is 1. The van der Waals surface area contributed by atoms with Gasteiger partial charge in [0.15, 0.2) is 5.76 Å². The van der Waals surface area contributed by atoms with E-state index in [2.05, 4.69) is 10.2 Å². The SMILES string of the molecule is O=C(Nc1cccc(Cl)c1N1CCCCC1)c1ccc(-c2ccc(Cl)cc2)o1. The molecule has 1 aliphatic rings. The monoisotopic (exact) mass is 414 g/mol. The largest absolute Gasteiger partial charge is 0.451 e. The second-order valence-electron chi connectivity index (χ2n) is 6.81. The van der Waals surface area contributed by atoms with Crippen molar-refractivity contribution in [2.24, 2.45) is 0 Å². The summed E-state index contributed by atoms with van der Waals surface area (Å²) in [7, 11) is 0. The number of anilines is 2. The maximum absolute atomic E-state index is 12.8. The first-order chi connectivity index (χ1) is 13.6. The van der Waals surface area contributed by atoms with Crippen LogP contribution in [0.3, 0.4) is 0 Å². The molecule has 1 N–H and O–H groups in total. The van der Waals surface area contributed by atoms with Gasteiger partial charge in [-0.3, -0.25) is 4.79 Å². The summed E-state index contributed by atoms with van der Waals surface area (Å²) in [6.45, 7) is 1.88. The van der Waals surface area contributed by atoms with Crippen LogP contribution in [0.1, 0.15) is 29.8 Å². The molecule has 6 heteroatoms. The quantitative estimate of drug-likeness (QED) is 0.529. The summed E-state index contributed by atoms with van der Waals surface area (Å²) in [4.78, 5) is 15.0. The summed E-state index contributed by atoms with van der Waals surface area (Å²) in [5, 5.41) is 4.25. The fraction of sp³-hybridized carbons (Fsp3) is 0.227. The number of piperidine rings is 1. The second kappa shape index (κ2) is 8.29. The average Bonchev–Trinajstić information content (AvgIpc) is 3.20. The van der Waals surface area contributed by atoms with Gasteiger partial charge in [0.2, 0.25) is 0 Å². The highest BCUT2D eigenvalue weighted by atomic mass is 35.5. The van der Waals surface area contributed by atoms with Crippen molar-refractivity contribution in [3.8, 4) is 11.3 Å². The number of hydrogen-bond donors (Lipinski definition) is 1. The first-order valence-corrected chi connectivity index (χ1v) is 10.1. The van der Waals surface area contributed by atoms with Gasteiger partial charge in [-0.1, -0.05) is 29.3 Å². The van der Waals surface area contributed by atoms with E-state index < -0.39 is 0 Å². The first-order valence-electron chi connectivity index (χ1n) is 9.32. The molecule has 0 aliphatic carbocycles. The normalized spacial score (nSPS) is 14.1. The summed E-state index contributed by atoms with van der Waals surface area (Å²) in [5.74, 6) is 0.555. The lowest BCUT2D eigenvalue weighted by molar-refractivity contribution is 0.0997. The molecule has 0 spiro atoms. The average molecular weight is 415 g/mol. The van der Waals surface area contributed by atoms with Crippen LogP contribution in [0.2, 0.25) is 10.0 Å². The Morgan fingerprint density at radius 3 is 2.43 bits per heavy atom. The van der Waals surface area contributed by atoms with Crippen LogP contribution >= 0.6 is 23.2 Å². The molecule has 1 amide bonds. The molecule has 1 saturated heterocycles. The van der Waals surface area contributed by atoms with E-state index in [1.807, 2.05) is 30.3 Å². The lowest BCUT2D eigenvalue weighted by Crippen LogP contribution is -2.30. The van der Waals surface area contributed by atoms with Crippen molar-refractivity contribution in [2.75, 3.05) is 23.3 Å². The zero-order chi connectivity index (χ0) is 19.5. The minimum atomic E-state index is -0.305. The molecule has 3 aromatic rings. The maximum Gasteiger partial charge on any atom is 0.291 e. The van der Waals surface area contributed by atoms with Gasteiger partial charge in [-0.25, -0.2) is 0 Å². The summed E-state index contributed by atoms with van der Waals surface area (Å²) in [6.07, 6.45) is 3.48. The van der Waals surface area contributed by atoms with E-state index in [-0.39, 0.29) is 11.7 Å². The van der Waals surface area contributed by atoms with Crippen LogP contribution in [0.25, 0.3) is 11.3 Å². The van der Waals surface area contributed by atoms with E-state index in [0.29, 0.717) is 21.5 Å². The number of para-hydroxylation sites is 1. The van der Waals surface area contributed by atoms with Gasteiger partial charge in [0.05, 0.1) is 16.4 Å². The topological polar surface area (TPSA) is 45.5 Å². The molecule has 2 aromatic carbocycles. The predicted octanol–water partition coefficient (Wildman–Crippen LogP) is 6.50. The van der Waals surface area contributed by atoms with E-state index in [1.54, 1.807) is 24.3 Å². The molecule has 0 radical (unpaired) electrons. The third-order valence-corrected chi connectivity index (χ3v) is 5.42. The molecule has 4 nitrogen and oxygen atoms in total. The Kier molecular flexibility index (Phi) is 5.60. The molecule has 28 heavy (non-hydrogen) atoms. The summed E-state index contributed by atoms with van der Waals surface area (Å²) < 4.78 is 5.76. The Labute approximate surface area is 174 Å². The van der Waals surface area contributed by atoms with Crippen LogP contribution in [0, 0.1) is 0 Å². The van der Waals surface area contributed by atoms with Gasteiger partial charge in [0.1, 0.15) is 5.76 Å². The summed E-state index contributed by atoms with van der Waals surface area (Å²) in [5.41, 5.74) is 2.44. The molecule has 1 aliphatic heterocycles. The zero-order valence-electron chi connectivity index (χ0n) is 15.3. The fourth-order valence-electron chi connectivity index (χ4n) is 3.47. The van der Waals surface area contributed by atoms with Gasteiger partial charge < -0.3 is 14.6 Å². The van der Waals surface area contributed by atoms with E-state index >= 15 is 0 Å². The number of furan rings is 1. The first kappa shape index (κ1) is 18.9. The zero-order valence-corrected chi connectivity index (χ0v) is 16.8. The number of benzene rings is 2. The number of halogens is 2. The highest BCUT2D eigenvalue weighted by molar-refractivity contribution is 6.34. The van der Waals surface area contributed by atoms with E-state index in [1.165, 1.54) is 6.42 Å². The number of rotatable bonds is 4. The van der Waals surface area contributed by atoms with Gasteiger partial charge in [-0.2, -0.15) is 0 Å². The lowest BCUT2D eigenvalue weighted by atomic mass is 10.1. The number of amides is 1. The minimum absolute atomic E-state index is 0.245. The molecular formula is C22H20Cl2N2O2. The number of nitrogens with one attached hydrogen (secondary N) is 1. The van der Waals surface area contributed by atoms with Gasteiger partial charge >= 0.3 is 0 Å². The number of carbonyl (C=O) groups excluding carboxylic acids is 1. The summed E-state index contributed by atoms with van der Waals surface area (Å²) >= 11 is 12.4. The van der Waals surface area contributed by atoms with Crippen LogP contribution in [-0.4, -0.2) is 19.0 Å².